The van der Waals surface area contributed by atoms with E-state index in [-0.39, 0.29) is 17.7 Å². The van der Waals surface area contributed by atoms with Gasteiger partial charge < -0.3 is 14.2 Å². The lowest BCUT2D eigenvalue weighted by atomic mass is 9.80. The van der Waals surface area contributed by atoms with Crippen molar-refractivity contribution in [3.8, 4) is 17.2 Å². The molecule has 4 aromatic rings. The summed E-state index contributed by atoms with van der Waals surface area (Å²) in [6.07, 6.45) is 6.09. The molecular formula is C34H30BrNO5. The molecule has 1 heterocycles. The van der Waals surface area contributed by atoms with Crippen molar-refractivity contribution in [2.75, 3.05) is 7.11 Å². The fourth-order valence-electron chi connectivity index (χ4n) is 5.79. The number of carbonyl (C=O) groups is 2. The number of hydrogen-bond acceptors (Lipinski definition) is 6. The number of ketones is 2. The molecule has 2 aliphatic carbocycles. The van der Waals surface area contributed by atoms with Crippen LogP contribution in [0.4, 0.5) is 0 Å². The molecule has 6 nitrogen and oxygen atoms in total. The van der Waals surface area contributed by atoms with Gasteiger partial charge in [-0.1, -0.05) is 40.2 Å². The zero-order chi connectivity index (χ0) is 28.3. The first kappa shape index (κ1) is 27.2. The van der Waals surface area contributed by atoms with E-state index in [9.17, 15) is 9.59 Å². The minimum Gasteiger partial charge on any atom is -0.493 e. The second kappa shape index (κ2) is 11.9. The summed E-state index contributed by atoms with van der Waals surface area (Å²) in [7, 11) is 1.61. The van der Waals surface area contributed by atoms with Gasteiger partial charge >= 0.3 is 0 Å². The van der Waals surface area contributed by atoms with E-state index in [1.165, 1.54) is 0 Å². The molecule has 0 N–H and O–H groups in total. The summed E-state index contributed by atoms with van der Waals surface area (Å²) in [6, 6.07) is 24.2. The lowest BCUT2D eigenvalue weighted by Crippen LogP contribution is -2.25. The van der Waals surface area contributed by atoms with E-state index in [2.05, 4.69) is 20.9 Å². The van der Waals surface area contributed by atoms with E-state index in [0.717, 1.165) is 41.3 Å². The summed E-state index contributed by atoms with van der Waals surface area (Å²) in [4.78, 5) is 32.4. The molecule has 3 aromatic carbocycles. The van der Waals surface area contributed by atoms with Crippen LogP contribution in [0.15, 0.2) is 89.5 Å². The third-order valence-corrected chi connectivity index (χ3v) is 8.42. The molecule has 7 heteroatoms. The summed E-state index contributed by atoms with van der Waals surface area (Å²) < 4.78 is 18.9. The van der Waals surface area contributed by atoms with E-state index in [0.29, 0.717) is 40.7 Å². The summed E-state index contributed by atoms with van der Waals surface area (Å²) in [5, 5.41) is 0. The highest BCUT2D eigenvalue weighted by atomic mass is 79.9. The standard InChI is InChI=1S/C34H30BrNO5/c1-39-29-16-11-22(18-30(29)41-24-6-2-3-7-24)31(28-8-4-5-17-36-28)32-33(37)26-15-14-25(19-27(26)34(32)38)40-20-21-9-12-23(35)13-10-21/h4-5,8-19,24,31-32H,2-3,6-7,20H2,1H3. The first-order valence-corrected chi connectivity index (χ1v) is 14.7. The largest absolute Gasteiger partial charge is 0.493 e. The van der Waals surface area contributed by atoms with Gasteiger partial charge in [0, 0.05) is 33.4 Å². The van der Waals surface area contributed by atoms with Crippen LogP contribution in [0.1, 0.15) is 69.1 Å². The molecule has 2 unspecified atom stereocenters. The molecule has 0 aliphatic heterocycles. The molecule has 0 radical (unpaired) electrons. The molecule has 2 atom stereocenters. The van der Waals surface area contributed by atoms with Gasteiger partial charge in [0.1, 0.15) is 12.4 Å². The topological polar surface area (TPSA) is 74.7 Å². The molecule has 1 aromatic heterocycles. The number of halogens is 1. The second-order valence-electron chi connectivity index (χ2n) is 10.5. The third kappa shape index (κ3) is 5.64. The van der Waals surface area contributed by atoms with Crippen molar-refractivity contribution in [3.63, 3.8) is 0 Å². The highest BCUT2D eigenvalue weighted by Gasteiger charge is 2.45. The van der Waals surface area contributed by atoms with Gasteiger partial charge in [-0.15, -0.1) is 0 Å². The number of hydrogen-bond donors (Lipinski definition) is 0. The van der Waals surface area contributed by atoms with Crippen LogP contribution in [-0.4, -0.2) is 29.8 Å². The average molecular weight is 613 g/mol. The number of aromatic nitrogens is 1. The van der Waals surface area contributed by atoms with Crippen molar-refractivity contribution in [1.82, 2.24) is 4.98 Å². The Labute approximate surface area is 247 Å². The SMILES string of the molecule is COc1ccc(C(c2ccccn2)C2C(=O)c3ccc(OCc4ccc(Br)cc4)cc3C2=O)cc1OC1CCCC1. The lowest BCUT2D eigenvalue weighted by molar-refractivity contribution is 0.0823. The maximum atomic E-state index is 14.0. The zero-order valence-electron chi connectivity index (χ0n) is 22.7. The Morgan fingerprint density at radius 2 is 1.66 bits per heavy atom. The molecule has 1 saturated carbocycles. The number of fused-ring (bicyclic) bond motifs is 1. The van der Waals surface area contributed by atoms with Crippen LogP contribution in [0.25, 0.3) is 0 Å². The smallest absolute Gasteiger partial charge is 0.175 e. The predicted molar refractivity (Wildman–Crippen MR) is 159 cm³/mol. The van der Waals surface area contributed by atoms with Crippen molar-refractivity contribution in [2.45, 2.75) is 44.3 Å². The Bertz CT molecular complexity index is 1560. The van der Waals surface area contributed by atoms with Crippen molar-refractivity contribution in [3.05, 3.63) is 117 Å². The molecule has 208 valence electrons. The Balaban J connectivity index is 1.33. The number of pyridine rings is 1. The number of Topliss-reactive ketones (excluding diaryl/α,β-unsaturated/α-hetero) is 2. The number of methoxy groups -OCH3 is 1. The van der Waals surface area contributed by atoms with Crippen LogP contribution in [-0.2, 0) is 6.61 Å². The van der Waals surface area contributed by atoms with Gasteiger partial charge in [0.2, 0.25) is 0 Å². The van der Waals surface area contributed by atoms with E-state index in [4.69, 9.17) is 14.2 Å². The minimum absolute atomic E-state index is 0.127. The predicted octanol–water partition coefficient (Wildman–Crippen LogP) is 7.58. The maximum Gasteiger partial charge on any atom is 0.175 e. The molecular weight excluding hydrogens is 582 g/mol. The Morgan fingerprint density at radius 3 is 2.39 bits per heavy atom. The van der Waals surface area contributed by atoms with Crippen LogP contribution >= 0.6 is 15.9 Å². The monoisotopic (exact) mass is 611 g/mol. The molecule has 0 amide bonds. The Kier molecular flexibility index (Phi) is 7.88. The fourth-order valence-corrected chi connectivity index (χ4v) is 6.06. The number of benzene rings is 3. The quantitative estimate of drug-likeness (QED) is 0.182. The molecule has 1 fully saturated rings. The van der Waals surface area contributed by atoms with Crippen molar-refractivity contribution in [1.29, 1.82) is 0 Å². The van der Waals surface area contributed by atoms with E-state index >= 15 is 0 Å². The molecule has 0 saturated heterocycles. The first-order valence-electron chi connectivity index (χ1n) is 13.9. The number of rotatable bonds is 9. The summed E-state index contributed by atoms with van der Waals surface area (Å²) in [5.74, 6) is -0.198. The van der Waals surface area contributed by atoms with Crippen molar-refractivity contribution >= 4 is 27.5 Å². The maximum absolute atomic E-state index is 14.0. The molecule has 2 aliphatic rings. The van der Waals surface area contributed by atoms with Gasteiger partial charge in [-0.2, -0.15) is 0 Å². The van der Waals surface area contributed by atoms with Crippen LogP contribution in [0, 0.1) is 5.92 Å². The summed E-state index contributed by atoms with van der Waals surface area (Å²) in [5.41, 5.74) is 3.22. The molecule has 41 heavy (non-hydrogen) atoms. The highest BCUT2D eigenvalue weighted by Crippen LogP contribution is 2.43. The number of ether oxygens (including phenoxy) is 3. The summed E-state index contributed by atoms with van der Waals surface area (Å²) >= 11 is 3.44. The minimum atomic E-state index is -0.950. The van der Waals surface area contributed by atoms with Crippen LogP contribution in [0.5, 0.6) is 17.2 Å². The van der Waals surface area contributed by atoms with Gasteiger partial charge in [0.05, 0.1) is 19.1 Å². The lowest BCUT2D eigenvalue weighted by Gasteiger charge is -2.24. The Morgan fingerprint density at radius 1 is 0.878 bits per heavy atom. The van der Waals surface area contributed by atoms with E-state index < -0.39 is 11.8 Å². The Hall–Kier alpha value is -3.97. The van der Waals surface area contributed by atoms with Gasteiger partial charge in [-0.05, 0) is 91.4 Å². The fraction of sp³-hybridized carbons (Fsp3) is 0.265. The average Bonchev–Trinajstić information content (AvgIpc) is 3.60. The van der Waals surface area contributed by atoms with Crippen LogP contribution in [0.2, 0.25) is 0 Å². The normalized spacial score (nSPS) is 17.4. The van der Waals surface area contributed by atoms with Gasteiger partial charge in [0.25, 0.3) is 0 Å². The van der Waals surface area contributed by atoms with Crippen LogP contribution in [0.3, 0.4) is 0 Å². The second-order valence-corrected chi connectivity index (χ2v) is 11.4. The molecule has 0 bridgehead atoms. The van der Waals surface area contributed by atoms with E-state index in [1.54, 1.807) is 31.5 Å². The summed E-state index contributed by atoms with van der Waals surface area (Å²) in [6.45, 7) is 0.351. The first-order chi connectivity index (χ1) is 20.0. The van der Waals surface area contributed by atoms with Crippen LogP contribution < -0.4 is 14.2 Å². The van der Waals surface area contributed by atoms with Gasteiger partial charge in [-0.25, -0.2) is 0 Å². The molecule has 6 rings (SSSR count). The third-order valence-electron chi connectivity index (χ3n) is 7.89. The number of nitrogens with zero attached hydrogens (tertiary/aromatic N) is 1. The number of carbonyl (C=O) groups excluding carboxylic acids is 2. The van der Waals surface area contributed by atoms with E-state index in [1.807, 2.05) is 60.7 Å². The molecule has 0 spiro atoms. The van der Waals surface area contributed by atoms with Crippen molar-refractivity contribution in [2.24, 2.45) is 5.92 Å². The van der Waals surface area contributed by atoms with Gasteiger partial charge in [0.15, 0.2) is 23.1 Å². The zero-order valence-corrected chi connectivity index (χ0v) is 24.3. The van der Waals surface area contributed by atoms with Gasteiger partial charge in [-0.3, -0.25) is 14.6 Å². The van der Waals surface area contributed by atoms with Crippen molar-refractivity contribution < 1.29 is 23.8 Å². The highest BCUT2D eigenvalue weighted by molar-refractivity contribution is 9.10.